The number of hydrogen-bond acceptors (Lipinski definition) is 6. The zero-order chi connectivity index (χ0) is 14.2. The molecule has 0 spiro atoms. The van der Waals surface area contributed by atoms with Crippen LogP contribution in [0.4, 0.5) is 0 Å². The molecule has 1 unspecified atom stereocenters. The van der Waals surface area contributed by atoms with E-state index in [1.807, 2.05) is 20.8 Å². The fourth-order valence-electron chi connectivity index (χ4n) is 1.22. The molecule has 1 atom stereocenters. The van der Waals surface area contributed by atoms with Crippen LogP contribution in [0.25, 0.3) is 0 Å². The molecule has 0 fully saturated rings. The van der Waals surface area contributed by atoms with Crippen LogP contribution in [0.2, 0.25) is 0 Å². The first-order valence-electron chi connectivity index (χ1n) is 5.74. The summed E-state index contributed by atoms with van der Waals surface area (Å²) in [5.74, 6) is 0.403. The van der Waals surface area contributed by atoms with Gasteiger partial charge in [-0.25, -0.2) is 8.42 Å². The Kier molecular flexibility index (Phi) is 13.8. The van der Waals surface area contributed by atoms with E-state index >= 15 is 0 Å². The van der Waals surface area contributed by atoms with E-state index in [2.05, 4.69) is 0 Å². The van der Waals surface area contributed by atoms with E-state index in [9.17, 15) is 17.8 Å². The molecule has 0 radical (unpaired) electrons. The fourth-order valence-corrected chi connectivity index (χ4v) is 4.19. The minimum absolute atomic E-state index is 0. The van der Waals surface area contributed by atoms with Crippen molar-refractivity contribution in [3.8, 4) is 0 Å². The normalized spacial score (nSPS) is 12.6. The van der Waals surface area contributed by atoms with Crippen molar-refractivity contribution >= 4 is 39.5 Å². The van der Waals surface area contributed by atoms with Gasteiger partial charge in [-0.15, -0.1) is 23.5 Å². The maximum Gasteiger partial charge on any atom is 1.00 e. The van der Waals surface area contributed by atoms with Gasteiger partial charge in [0.05, 0.1) is 15.9 Å². The first-order chi connectivity index (χ1) is 8.30. The monoisotopic (exact) mass is 337 g/mol. The minimum Gasteiger partial charge on any atom is -0.748 e. The largest absolute Gasteiger partial charge is 1.00 e. The molecule has 0 N–H and O–H groups in total. The average molecular weight is 337 g/mol. The van der Waals surface area contributed by atoms with Crippen LogP contribution in [0.3, 0.4) is 0 Å². The fraction of sp³-hybridized carbons (Fsp3) is 0.900. The van der Waals surface area contributed by atoms with Gasteiger partial charge >= 0.3 is 29.6 Å². The second-order valence-electron chi connectivity index (χ2n) is 3.58. The molecule has 0 aromatic rings. The molecular formula is C10H20NNaO4S3. The number of thioether (sulfide) groups is 2. The summed E-state index contributed by atoms with van der Waals surface area (Å²) in [5, 5.41) is 0. The van der Waals surface area contributed by atoms with Crippen molar-refractivity contribution in [1.29, 1.82) is 0 Å². The third kappa shape index (κ3) is 12.5. The van der Waals surface area contributed by atoms with Crippen LogP contribution in [-0.4, -0.2) is 58.7 Å². The van der Waals surface area contributed by atoms with E-state index < -0.39 is 10.1 Å². The Morgan fingerprint density at radius 1 is 1.26 bits per heavy atom. The van der Waals surface area contributed by atoms with Crippen molar-refractivity contribution in [3.05, 3.63) is 0 Å². The second-order valence-corrected chi connectivity index (χ2v) is 8.18. The standard InChI is InChI=1S/C10H21NO4S3.Na/c1-4-11(5-2)10(12)8-17-9(3)16-6-7-18(13,14)15;/h9H,4-8H2,1-3H3,(H,13,14,15);/q;+1/p-1. The van der Waals surface area contributed by atoms with E-state index in [-0.39, 0.29) is 51.6 Å². The quantitative estimate of drug-likeness (QED) is 0.281. The van der Waals surface area contributed by atoms with Crippen molar-refractivity contribution < 1.29 is 47.3 Å². The molecular weight excluding hydrogens is 317 g/mol. The summed E-state index contributed by atoms with van der Waals surface area (Å²) >= 11 is 2.85. The van der Waals surface area contributed by atoms with Gasteiger partial charge in [-0.1, -0.05) is 0 Å². The predicted molar refractivity (Wildman–Crippen MR) is 76.9 cm³/mol. The van der Waals surface area contributed by atoms with Crippen LogP contribution in [0.1, 0.15) is 20.8 Å². The van der Waals surface area contributed by atoms with E-state index in [0.29, 0.717) is 18.8 Å². The third-order valence-corrected chi connectivity index (χ3v) is 5.81. The van der Waals surface area contributed by atoms with E-state index in [1.54, 1.807) is 4.90 Å². The molecule has 0 saturated heterocycles. The zero-order valence-electron chi connectivity index (χ0n) is 11.9. The molecule has 0 rings (SSSR count). The summed E-state index contributed by atoms with van der Waals surface area (Å²) in [6.45, 7) is 7.17. The Morgan fingerprint density at radius 2 is 1.79 bits per heavy atom. The van der Waals surface area contributed by atoms with Gasteiger partial charge < -0.3 is 9.45 Å². The van der Waals surface area contributed by atoms with Gasteiger partial charge in [0.2, 0.25) is 5.91 Å². The topological polar surface area (TPSA) is 77.5 Å². The van der Waals surface area contributed by atoms with E-state index in [4.69, 9.17) is 0 Å². The number of carbonyl (C=O) groups is 1. The Morgan fingerprint density at radius 3 is 2.21 bits per heavy atom. The first kappa shape index (κ1) is 22.4. The van der Waals surface area contributed by atoms with Crippen LogP contribution < -0.4 is 29.6 Å². The number of carbonyl (C=O) groups excluding carboxylic acids is 1. The van der Waals surface area contributed by atoms with Gasteiger partial charge in [0.15, 0.2) is 0 Å². The Labute approximate surface area is 146 Å². The Bertz CT molecular complexity index is 347. The Balaban J connectivity index is 0. The molecule has 0 aliphatic carbocycles. The molecule has 0 aromatic carbocycles. The van der Waals surface area contributed by atoms with Gasteiger partial charge in [-0.05, 0) is 20.8 Å². The molecule has 0 aromatic heterocycles. The third-order valence-electron chi connectivity index (χ3n) is 2.24. The van der Waals surface area contributed by atoms with Crippen LogP contribution in [0, 0.1) is 0 Å². The van der Waals surface area contributed by atoms with E-state index in [1.165, 1.54) is 23.5 Å². The van der Waals surface area contributed by atoms with E-state index in [0.717, 1.165) is 0 Å². The van der Waals surface area contributed by atoms with Crippen molar-refractivity contribution in [1.82, 2.24) is 4.90 Å². The van der Waals surface area contributed by atoms with Crippen molar-refractivity contribution in [2.75, 3.05) is 30.3 Å². The minimum atomic E-state index is -4.13. The summed E-state index contributed by atoms with van der Waals surface area (Å²) < 4.78 is 31.3. The molecule has 0 bridgehead atoms. The molecule has 0 aliphatic rings. The van der Waals surface area contributed by atoms with Crippen LogP contribution in [-0.2, 0) is 14.9 Å². The molecule has 0 aliphatic heterocycles. The summed E-state index contributed by atoms with van der Waals surface area (Å²) in [6.07, 6.45) is 0. The number of hydrogen-bond donors (Lipinski definition) is 0. The zero-order valence-corrected chi connectivity index (χ0v) is 16.4. The first-order valence-corrected chi connectivity index (χ1v) is 9.42. The molecule has 5 nitrogen and oxygen atoms in total. The van der Waals surface area contributed by atoms with Gasteiger partial charge in [0, 0.05) is 29.2 Å². The summed E-state index contributed by atoms with van der Waals surface area (Å²) in [6, 6.07) is 0. The van der Waals surface area contributed by atoms with Gasteiger partial charge in [-0.2, -0.15) is 0 Å². The summed E-state index contributed by atoms with van der Waals surface area (Å²) in [7, 11) is -4.13. The van der Waals surface area contributed by atoms with Gasteiger partial charge in [-0.3, -0.25) is 4.79 Å². The van der Waals surface area contributed by atoms with Crippen LogP contribution in [0.5, 0.6) is 0 Å². The predicted octanol–water partition coefficient (Wildman–Crippen LogP) is -1.78. The van der Waals surface area contributed by atoms with Gasteiger partial charge in [0.1, 0.15) is 0 Å². The number of amides is 1. The summed E-state index contributed by atoms with van der Waals surface area (Å²) in [5.41, 5.74) is 0. The van der Waals surface area contributed by atoms with Gasteiger partial charge in [0.25, 0.3) is 0 Å². The van der Waals surface area contributed by atoms with Crippen molar-refractivity contribution in [2.45, 2.75) is 25.4 Å². The van der Waals surface area contributed by atoms with Crippen LogP contribution >= 0.6 is 23.5 Å². The number of nitrogens with zero attached hydrogens (tertiary/aromatic N) is 1. The average Bonchev–Trinajstić information content (AvgIpc) is 2.26. The molecule has 108 valence electrons. The molecule has 1 amide bonds. The maximum atomic E-state index is 11.7. The molecule has 0 saturated carbocycles. The van der Waals surface area contributed by atoms with Crippen molar-refractivity contribution in [2.24, 2.45) is 0 Å². The molecule has 0 heterocycles. The Hall–Kier alpha value is 1.08. The maximum absolute atomic E-state index is 11.7. The van der Waals surface area contributed by atoms with Crippen LogP contribution in [0.15, 0.2) is 0 Å². The SMILES string of the molecule is CCN(CC)C(=O)CSC(C)SCCS(=O)(=O)[O-].[Na+]. The smallest absolute Gasteiger partial charge is 0.748 e. The van der Waals surface area contributed by atoms with Crippen molar-refractivity contribution in [3.63, 3.8) is 0 Å². The summed E-state index contributed by atoms with van der Waals surface area (Å²) in [4.78, 5) is 13.4. The molecule has 9 heteroatoms. The number of rotatable bonds is 9. The molecule has 19 heavy (non-hydrogen) atoms. The second kappa shape index (κ2) is 11.7.